The summed E-state index contributed by atoms with van der Waals surface area (Å²) in [5.74, 6) is 1.06. The first-order chi connectivity index (χ1) is 18.9. The number of hydrogen-bond donors (Lipinski definition) is 2. The molecule has 2 aromatic carbocycles. The molecule has 3 aromatic rings. The molecule has 1 atom stereocenters. The fourth-order valence-corrected chi connectivity index (χ4v) is 6.40. The zero-order chi connectivity index (χ0) is 27.1. The van der Waals surface area contributed by atoms with Crippen LogP contribution in [0.15, 0.2) is 36.5 Å². The highest BCUT2D eigenvalue weighted by atomic mass is 35.5. The van der Waals surface area contributed by atoms with Gasteiger partial charge in [-0.25, -0.2) is 4.39 Å². The Morgan fingerprint density at radius 2 is 1.92 bits per heavy atom. The second kappa shape index (κ2) is 10.9. The molecule has 1 unspecified atom stereocenters. The summed E-state index contributed by atoms with van der Waals surface area (Å²) in [7, 11) is 1.49. The second-order valence-corrected chi connectivity index (χ2v) is 11.8. The number of pyridine rings is 1. The third-order valence-corrected chi connectivity index (χ3v) is 8.88. The molecular formula is C31H35ClFN3O3. The SMILES string of the molecule is COc1cc(-c2ccc3ncc(C(=O)C4CC4)c(NC4CCC(CN5CCC(F)C5)CC4)c3c2)cc(Cl)c1O. The van der Waals surface area contributed by atoms with Gasteiger partial charge in [0.15, 0.2) is 17.3 Å². The van der Waals surface area contributed by atoms with Crippen LogP contribution in [0.2, 0.25) is 5.02 Å². The van der Waals surface area contributed by atoms with Gasteiger partial charge in [-0.2, -0.15) is 0 Å². The number of aromatic nitrogens is 1. The number of phenolic OH excluding ortho intramolecular Hbond substituents is 1. The fraction of sp³-hybridized carbons (Fsp3) is 0.484. The molecule has 1 saturated heterocycles. The molecule has 8 heteroatoms. The third kappa shape index (κ3) is 5.57. The first kappa shape index (κ1) is 26.3. The molecule has 2 aliphatic carbocycles. The molecule has 3 aliphatic rings. The summed E-state index contributed by atoms with van der Waals surface area (Å²) in [5, 5.41) is 15.1. The van der Waals surface area contributed by atoms with Crippen LogP contribution in [0.3, 0.4) is 0 Å². The third-order valence-electron chi connectivity index (χ3n) is 8.59. The molecule has 3 fully saturated rings. The van der Waals surface area contributed by atoms with Gasteiger partial charge in [0.05, 0.1) is 28.9 Å². The van der Waals surface area contributed by atoms with Gasteiger partial charge in [0.1, 0.15) is 6.17 Å². The van der Waals surface area contributed by atoms with Crippen molar-refractivity contribution in [2.45, 2.75) is 57.2 Å². The number of ketones is 1. The number of halogens is 2. The Morgan fingerprint density at radius 3 is 2.62 bits per heavy atom. The van der Waals surface area contributed by atoms with Crippen molar-refractivity contribution in [3.8, 4) is 22.6 Å². The van der Waals surface area contributed by atoms with Gasteiger partial charge < -0.3 is 20.1 Å². The predicted octanol–water partition coefficient (Wildman–Crippen LogP) is 6.88. The highest BCUT2D eigenvalue weighted by Crippen LogP contribution is 2.41. The minimum atomic E-state index is -0.672. The lowest BCUT2D eigenvalue weighted by Crippen LogP contribution is -2.33. The molecule has 206 valence electrons. The van der Waals surface area contributed by atoms with Gasteiger partial charge in [0.2, 0.25) is 0 Å². The van der Waals surface area contributed by atoms with Crippen LogP contribution in [-0.4, -0.2) is 59.7 Å². The maximum Gasteiger partial charge on any atom is 0.176 e. The fourth-order valence-electron chi connectivity index (χ4n) is 6.19. The van der Waals surface area contributed by atoms with E-state index >= 15 is 0 Å². The number of nitrogens with one attached hydrogen (secondary N) is 1. The molecule has 1 aromatic heterocycles. The van der Waals surface area contributed by atoms with E-state index < -0.39 is 6.17 Å². The van der Waals surface area contributed by atoms with Crippen LogP contribution in [0.4, 0.5) is 10.1 Å². The number of carbonyl (C=O) groups is 1. The van der Waals surface area contributed by atoms with Crippen molar-refractivity contribution in [1.29, 1.82) is 0 Å². The van der Waals surface area contributed by atoms with Crippen molar-refractivity contribution in [2.24, 2.45) is 11.8 Å². The molecule has 0 amide bonds. The van der Waals surface area contributed by atoms with E-state index in [2.05, 4.69) is 15.2 Å². The van der Waals surface area contributed by atoms with Crippen LogP contribution in [0, 0.1) is 11.8 Å². The van der Waals surface area contributed by atoms with E-state index in [9.17, 15) is 14.3 Å². The number of rotatable bonds is 8. The Hall–Kier alpha value is -2.90. The number of ether oxygens (including phenoxy) is 1. The second-order valence-electron chi connectivity index (χ2n) is 11.4. The first-order valence-corrected chi connectivity index (χ1v) is 14.4. The maximum atomic E-state index is 13.6. The average molecular weight is 552 g/mol. The number of phenols is 1. The number of likely N-dealkylation sites (tertiary alicyclic amines) is 1. The lowest BCUT2D eigenvalue weighted by molar-refractivity contribution is 0.0968. The molecule has 2 saturated carbocycles. The molecule has 39 heavy (non-hydrogen) atoms. The zero-order valence-corrected chi connectivity index (χ0v) is 23.0. The number of benzene rings is 2. The lowest BCUT2D eigenvalue weighted by Gasteiger charge is -2.32. The highest BCUT2D eigenvalue weighted by Gasteiger charge is 2.33. The van der Waals surface area contributed by atoms with E-state index in [1.807, 2.05) is 18.2 Å². The Bertz CT molecular complexity index is 1390. The van der Waals surface area contributed by atoms with Crippen LogP contribution in [0.1, 0.15) is 55.3 Å². The number of aromatic hydroxyl groups is 1. The van der Waals surface area contributed by atoms with Crippen molar-refractivity contribution >= 4 is 34.0 Å². The first-order valence-electron chi connectivity index (χ1n) is 14.1. The van der Waals surface area contributed by atoms with Crippen molar-refractivity contribution in [3.63, 3.8) is 0 Å². The number of methoxy groups -OCH3 is 1. The van der Waals surface area contributed by atoms with Gasteiger partial charge in [0.25, 0.3) is 0 Å². The van der Waals surface area contributed by atoms with Gasteiger partial charge in [0, 0.05) is 43.2 Å². The Labute approximate surface area is 233 Å². The number of carbonyl (C=O) groups excluding carboxylic acids is 1. The van der Waals surface area contributed by atoms with Gasteiger partial charge in [-0.05, 0) is 86.3 Å². The predicted molar refractivity (Wildman–Crippen MR) is 153 cm³/mol. The lowest BCUT2D eigenvalue weighted by atomic mass is 9.85. The number of alkyl halides is 1. The van der Waals surface area contributed by atoms with E-state index in [1.54, 1.807) is 18.3 Å². The summed E-state index contributed by atoms with van der Waals surface area (Å²) in [6.07, 6.45) is 7.81. The van der Waals surface area contributed by atoms with Crippen LogP contribution < -0.4 is 10.1 Å². The van der Waals surface area contributed by atoms with E-state index in [4.69, 9.17) is 16.3 Å². The van der Waals surface area contributed by atoms with Crippen molar-refractivity contribution in [3.05, 3.63) is 47.1 Å². The Morgan fingerprint density at radius 1 is 1.13 bits per heavy atom. The van der Waals surface area contributed by atoms with Crippen molar-refractivity contribution < 1.29 is 19.0 Å². The number of nitrogens with zero attached hydrogens (tertiary/aromatic N) is 2. The minimum absolute atomic E-state index is 0.0867. The monoisotopic (exact) mass is 551 g/mol. The quantitative estimate of drug-likeness (QED) is 0.297. The summed E-state index contributed by atoms with van der Waals surface area (Å²) < 4.78 is 18.9. The normalized spacial score (nSPS) is 23.7. The topological polar surface area (TPSA) is 74.7 Å². The van der Waals surface area contributed by atoms with Gasteiger partial charge in [-0.1, -0.05) is 17.7 Å². The molecule has 6 rings (SSSR count). The highest BCUT2D eigenvalue weighted by molar-refractivity contribution is 6.32. The average Bonchev–Trinajstić information content (AvgIpc) is 3.72. The Kier molecular flexibility index (Phi) is 7.38. The number of anilines is 1. The number of fused-ring (bicyclic) bond motifs is 1. The van der Waals surface area contributed by atoms with Crippen molar-refractivity contribution in [2.75, 3.05) is 32.1 Å². The van der Waals surface area contributed by atoms with Crippen LogP contribution in [-0.2, 0) is 0 Å². The van der Waals surface area contributed by atoms with E-state index in [-0.39, 0.29) is 28.5 Å². The molecule has 0 bridgehead atoms. The molecule has 1 aliphatic heterocycles. The molecule has 2 heterocycles. The van der Waals surface area contributed by atoms with E-state index in [0.717, 1.165) is 79.3 Å². The van der Waals surface area contributed by atoms with Crippen molar-refractivity contribution in [1.82, 2.24) is 9.88 Å². The number of hydrogen-bond acceptors (Lipinski definition) is 6. The van der Waals surface area contributed by atoms with Crippen LogP contribution in [0.25, 0.3) is 22.0 Å². The summed E-state index contributed by atoms with van der Waals surface area (Å²) in [6.45, 7) is 2.43. The van der Waals surface area contributed by atoms with E-state index in [1.165, 1.54) is 7.11 Å². The zero-order valence-electron chi connectivity index (χ0n) is 22.3. The molecule has 0 spiro atoms. The molecule has 0 radical (unpaired) electrons. The van der Waals surface area contributed by atoms with Crippen LogP contribution >= 0.6 is 11.6 Å². The standard InChI is InChI=1S/C31H35ClFN3O3/c1-39-28-14-21(13-26(32)31(28)38)20-6-9-27-24(12-20)29(25(15-34-27)30(37)19-4-5-19)35-23-7-2-18(3-8-23)16-36-11-10-22(33)17-36/h6,9,12-15,18-19,22-23,38H,2-5,7-8,10-11,16-17H2,1H3,(H,34,35). The number of Topliss-reactive ketones (excluding diaryl/α,β-unsaturated/α-hetero) is 1. The van der Waals surface area contributed by atoms with Gasteiger partial charge in [-0.15, -0.1) is 0 Å². The summed E-state index contributed by atoms with van der Waals surface area (Å²) in [5.41, 5.74) is 4.04. The molecule has 6 nitrogen and oxygen atoms in total. The maximum absolute atomic E-state index is 13.6. The summed E-state index contributed by atoms with van der Waals surface area (Å²) in [4.78, 5) is 20.3. The van der Waals surface area contributed by atoms with E-state index in [0.29, 0.717) is 30.2 Å². The van der Waals surface area contributed by atoms with Crippen LogP contribution in [0.5, 0.6) is 11.5 Å². The molecular weight excluding hydrogens is 517 g/mol. The minimum Gasteiger partial charge on any atom is -0.503 e. The molecule has 2 N–H and O–H groups in total. The Balaban J connectivity index is 1.29. The summed E-state index contributed by atoms with van der Waals surface area (Å²) in [6, 6.07) is 9.71. The largest absolute Gasteiger partial charge is 0.503 e. The van der Waals surface area contributed by atoms with Gasteiger partial charge >= 0.3 is 0 Å². The summed E-state index contributed by atoms with van der Waals surface area (Å²) >= 11 is 6.29. The smallest absolute Gasteiger partial charge is 0.176 e. The van der Waals surface area contributed by atoms with Gasteiger partial charge in [-0.3, -0.25) is 9.78 Å².